The molecule has 8 heteroatoms. The second-order valence-corrected chi connectivity index (χ2v) is 7.28. The number of nitrogens with zero attached hydrogens (tertiary/aromatic N) is 2. The molecule has 2 N–H and O–H groups in total. The highest BCUT2D eigenvalue weighted by Gasteiger charge is 2.41. The molecule has 1 aromatic heterocycles. The summed E-state index contributed by atoms with van der Waals surface area (Å²) in [6, 6.07) is 6.68. The van der Waals surface area contributed by atoms with Crippen LogP contribution >= 0.6 is 11.6 Å². The summed E-state index contributed by atoms with van der Waals surface area (Å²) in [5, 5.41) is 10.5. The first-order valence-electron chi connectivity index (χ1n) is 9.14. The van der Waals surface area contributed by atoms with Crippen LogP contribution in [0, 0.1) is 6.92 Å². The van der Waals surface area contributed by atoms with Gasteiger partial charge in [-0.05, 0) is 43.5 Å². The molecule has 1 aromatic carbocycles. The van der Waals surface area contributed by atoms with Crippen molar-refractivity contribution in [2.75, 3.05) is 6.54 Å². The van der Waals surface area contributed by atoms with Gasteiger partial charge in [0.2, 0.25) is 11.8 Å². The van der Waals surface area contributed by atoms with Crippen LogP contribution in [0.15, 0.2) is 28.8 Å². The quantitative estimate of drug-likeness (QED) is 0.708. The molecule has 0 spiro atoms. The molecule has 1 heterocycles. The molecule has 2 aromatic rings. The van der Waals surface area contributed by atoms with E-state index in [9.17, 15) is 9.59 Å². The van der Waals surface area contributed by atoms with Crippen molar-refractivity contribution < 1.29 is 14.1 Å². The van der Waals surface area contributed by atoms with Crippen LogP contribution in [0.1, 0.15) is 60.6 Å². The van der Waals surface area contributed by atoms with E-state index < -0.39 is 5.54 Å². The summed E-state index contributed by atoms with van der Waals surface area (Å²) >= 11 is 5.81. The third-order valence-corrected chi connectivity index (χ3v) is 5.02. The standard InChI is InChI=1S/C19H23ClN4O3/c1-13-22-18(24-27-13)19(10-2-3-11-19)23-16(25)5-4-12-21-17(26)14-6-8-15(20)9-7-14/h6-9H,2-5,10-12H2,1H3,(H,21,26)(H,23,25). The lowest BCUT2D eigenvalue weighted by Gasteiger charge is -2.26. The summed E-state index contributed by atoms with van der Waals surface area (Å²) in [5.41, 5.74) is 0.0164. The summed E-state index contributed by atoms with van der Waals surface area (Å²) in [7, 11) is 0. The van der Waals surface area contributed by atoms with Crippen molar-refractivity contribution >= 4 is 23.4 Å². The van der Waals surface area contributed by atoms with Crippen molar-refractivity contribution in [1.82, 2.24) is 20.8 Å². The fourth-order valence-corrected chi connectivity index (χ4v) is 3.49. The number of hydrogen-bond acceptors (Lipinski definition) is 5. The maximum absolute atomic E-state index is 12.4. The number of aromatic nitrogens is 2. The average Bonchev–Trinajstić information content (AvgIpc) is 3.29. The fraction of sp³-hybridized carbons (Fsp3) is 0.474. The molecule has 0 saturated heterocycles. The number of carbonyl (C=O) groups is 2. The molecule has 3 rings (SSSR count). The third kappa shape index (κ3) is 4.86. The van der Waals surface area contributed by atoms with Crippen LogP contribution in [-0.4, -0.2) is 28.5 Å². The molecule has 0 bridgehead atoms. The van der Waals surface area contributed by atoms with E-state index in [-0.39, 0.29) is 11.8 Å². The van der Waals surface area contributed by atoms with E-state index in [4.69, 9.17) is 16.1 Å². The number of carbonyl (C=O) groups excluding carboxylic acids is 2. The molecule has 0 atom stereocenters. The Morgan fingerprint density at radius 2 is 1.93 bits per heavy atom. The van der Waals surface area contributed by atoms with Crippen molar-refractivity contribution in [2.45, 2.75) is 51.0 Å². The molecule has 7 nitrogen and oxygen atoms in total. The minimum atomic E-state index is -0.526. The Hall–Kier alpha value is -2.41. The molecule has 1 aliphatic rings. The van der Waals surface area contributed by atoms with Crippen molar-refractivity contribution in [1.29, 1.82) is 0 Å². The molecule has 2 amide bonds. The molecule has 0 aliphatic heterocycles. The minimum absolute atomic E-state index is 0.0694. The number of hydrogen-bond donors (Lipinski definition) is 2. The predicted molar refractivity (Wildman–Crippen MR) is 100 cm³/mol. The Labute approximate surface area is 162 Å². The number of halogens is 1. The van der Waals surface area contributed by atoms with E-state index >= 15 is 0 Å². The van der Waals surface area contributed by atoms with Crippen LogP contribution in [0.5, 0.6) is 0 Å². The van der Waals surface area contributed by atoms with Crippen molar-refractivity contribution in [2.24, 2.45) is 0 Å². The Bertz CT molecular complexity index is 798. The largest absolute Gasteiger partial charge is 0.352 e. The van der Waals surface area contributed by atoms with Gasteiger partial charge < -0.3 is 15.2 Å². The molecule has 1 aliphatic carbocycles. The van der Waals surface area contributed by atoms with Crippen LogP contribution in [0.25, 0.3) is 0 Å². The minimum Gasteiger partial charge on any atom is -0.352 e. The van der Waals surface area contributed by atoms with Gasteiger partial charge in [-0.2, -0.15) is 4.98 Å². The molecular weight excluding hydrogens is 368 g/mol. The normalized spacial score (nSPS) is 15.5. The maximum Gasteiger partial charge on any atom is 0.251 e. The van der Waals surface area contributed by atoms with Gasteiger partial charge in [0, 0.05) is 30.5 Å². The number of aryl methyl sites for hydroxylation is 1. The van der Waals surface area contributed by atoms with Crippen molar-refractivity contribution in [3.8, 4) is 0 Å². The van der Waals surface area contributed by atoms with E-state index in [1.807, 2.05) is 0 Å². The van der Waals surface area contributed by atoms with Crippen LogP contribution < -0.4 is 10.6 Å². The highest BCUT2D eigenvalue weighted by atomic mass is 35.5. The van der Waals surface area contributed by atoms with Gasteiger partial charge >= 0.3 is 0 Å². The van der Waals surface area contributed by atoms with E-state index in [0.717, 1.165) is 25.7 Å². The van der Waals surface area contributed by atoms with Crippen molar-refractivity contribution in [3.05, 3.63) is 46.6 Å². The lowest BCUT2D eigenvalue weighted by molar-refractivity contribution is -0.123. The first kappa shape index (κ1) is 19.4. The monoisotopic (exact) mass is 390 g/mol. The van der Waals surface area contributed by atoms with E-state index in [2.05, 4.69) is 20.8 Å². The summed E-state index contributed by atoms with van der Waals surface area (Å²) in [5.74, 6) is 0.805. The number of nitrogens with one attached hydrogen (secondary N) is 2. The zero-order valence-corrected chi connectivity index (χ0v) is 16.0. The van der Waals surface area contributed by atoms with Crippen LogP contribution in [0.2, 0.25) is 5.02 Å². The lowest BCUT2D eigenvalue weighted by Crippen LogP contribution is -2.44. The Morgan fingerprint density at radius 3 is 2.56 bits per heavy atom. The topological polar surface area (TPSA) is 97.1 Å². The molecule has 1 fully saturated rings. The summed E-state index contributed by atoms with van der Waals surface area (Å²) in [6.45, 7) is 2.16. The van der Waals surface area contributed by atoms with E-state index in [0.29, 0.717) is 41.7 Å². The smallest absolute Gasteiger partial charge is 0.251 e. The predicted octanol–water partition coefficient (Wildman–Crippen LogP) is 3.13. The first-order chi connectivity index (χ1) is 13.0. The second-order valence-electron chi connectivity index (χ2n) is 6.84. The molecule has 0 unspecified atom stereocenters. The van der Waals surface area contributed by atoms with Gasteiger partial charge in [-0.1, -0.05) is 29.6 Å². The van der Waals surface area contributed by atoms with Gasteiger partial charge in [-0.25, -0.2) is 0 Å². The van der Waals surface area contributed by atoms with Crippen LogP contribution in [0.3, 0.4) is 0 Å². The van der Waals surface area contributed by atoms with Gasteiger partial charge in [0.15, 0.2) is 5.82 Å². The van der Waals surface area contributed by atoms with Gasteiger partial charge in [0.25, 0.3) is 5.91 Å². The molecule has 0 radical (unpaired) electrons. The Morgan fingerprint density at radius 1 is 1.22 bits per heavy atom. The van der Waals surface area contributed by atoms with Gasteiger partial charge in [0.05, 0.1) is 0 Å². The third-order valence-electron chi connectivity index (χ3n) is 4.76. The van der Waals surface area contributed by atoms with Crippen molar-refractivity contribution in [3.63, 3.8) is 0 Å². The number of amides is 2. The van der Waals surface area contributed by atoms with Gasteiger partial charge in [0.1, 0.15) is 5.54 Å². The first-order valence-corrected chi connectivity index (χ1v) is 9.52. The average molecular weight is 391 g/mol. The molecule has 144 valence electrons. The van der Waals surface area contributed by atoms with E-state index in [1.165, 1.54) is 0 Å². The molecular formula is C19H23ClN4O3. The highest BCUT2D eigenvalue weighted by Crippen LogP contribution is 2.37. The molecule has 27 heavy (non-hydrogen) atoms. The summed E-state index contributed by atoms with van der Waals surface area (Å²) in [4.78, 5) is 28.8. The second kappa shape index (κ2) is 8.52. The Balaban J connectivity index is 1.46. The van der Waals surface area contributed by atoms with E-state index in [1.54, 1.807) is 31.2 Å². The summed E-state index contributed by atoms with van der Waals surface area (Å²) < 4.78 is 5.09. The molecule has 1 saturated carbocycles. The van der Waals surface area contributed by atoms with Crippen LogP contribution in [-0.2, 0) is 10.3 Å². The van der Waals surface area contributed by atoms with Gasteiger partial charge in [-0.3, -0.25) is 9.59 Å². The maximum atomic E-state index is 12.4. The zero-order valence-electron chi connectivity index (χ0n) is 15.3. The SMILES string of the molecule is Cc1nc(C2(NC(=O)CCCNC(=O)c3ccc(Cl)cc3)CCCC2)no1. The van der Waals surface area contributed by atoms with Crippen LogP contribution in [0.4, 0.5) is 0 Å². The summed E-state index contributed by atoms with van der Waals surface area (Å²) in [6.07, 6.45) is 4.53. The lowest BCUT2D eigenvalue weighted by atomic mass is 9.96. The Kier molecular flexibility index (Phi) is 6.11. The fourth-order valence-electron chi connectivity index (χ4n) is 3.36. The highest BCUT2D eigenvalue weighted by molar-refractivity contribution is 6.30. The zero-order chi connectivity index (χ0) is 19.3. The number of rotatable bonds is 7. The number of benzene rings is 1. The van der Waals surface area contributed by atoms with Gasteiger partial charge in [-0.15, -0.1) is 0 Å².